The molecule has 1 heterocycles. The summed E-state index contributed by atoms with van der Waals surface area (Å²) < 4.78 is 5.18. The summed E-state index contributed by atoms with van der Waals surface area (Å²) >= 11 is 19.2. The zero-order chi connectivity index (χ0) is 27.5. The van der Waals surface area contributed by atoms with Gasteiger partial charge in [0, 0.05) is 46.7 Å². The van der Waals surface area contributed by atoms with E-state index < -0.39 is 5.97 Å². The maximum atomic E-state index is 12.5. The van der Waals surface area contributed by atoms with Gasteiger partial charge < -0.3 is 15.0 Å². The number of carbonyl (C=O) groups excluding carboxylic acids is 1. The van der Waals surface area contributed by atoms with Gasteiger partial charge in [-0.2, -0.15) is 0 Å². The summed E-state index contributed by atoms with van der Waals surface area (Å²) in [6, 6.07) is 19.7. The van der Waals surface area contributed by atoms with E-state index in [1.807, 2.05) is 6.07 Å². The normalized spacial score (nSPS) is 14.2. The molecule has 8 heteroatoms. The smallest absolute Gasteiger partial charge is 0.357 e. The van der Waals surface area contributed by atoms with E-state index in [2.05, 4.69) is 70.8 Å². The van der Waals surface area contributed by atoms with Gasteiger partial charge in [-0.05, 0) is 66.6 Å². The highest BCUT2D eigenvalue weighted by Crippen LogP contribution is 2.37. The Morgan fingerprint density at radius 1 is 0.974 bits per heavy atom. The third-order valence-electron chi connectivity index (χ3n) is 6.85. The molecule has 0 saturated carbocycles. The van der Waals surface area contributed by atoms with Crippen molar-refractivity contribution in [2.24, 2.45) is 0 Å². The molecule has 0 saturated heterocycles. The lowest BCUT2D eigenvalue weighted by atomic mass is 9.87. The molecule has 5 nitrogen and oxygen atoms in total. The number of rotatable bonds is 8. The predicted molar refractivity (Wildman–Crippen MR) is 162 cm³/mol. The number of nitrogens with one attached hydrogen (secondary N) is 1. The van der Waals surface area contributed by atoms with Gasteiger partial charge in [0.05, 0.1) is 17.1 Å². The summed E-state index contributed by atoms with van der Waals surface area (Å²) in [5, 5.41) is 5.82. The third-order valence-corrected chi connectivity index (χ3v) is 7.60. The summed E-state index contributed by atoms with van der Waals surface area (Å²) in [6.07, 6.45) is 4.34. The van der Waals surface area contributed by atoms with Crippen LogP contribution in [0.5, 0.6) is 0 Å². The Bertz CT molecular complexity index is 1570. The average Bonchev–Trinajstić information content (AvgIpc) is 3.05. The molecule has 0 aliphatic heterocycles. The Morgan fingerprint density at radius 3 is 2.54 bits per heavy atom. The minimum atomic E-state index is -0.492. The molecule has 1 N–H and O–H groups in total. The van der Waals surface area contributed by atoms with E-state index in [9.17, 15) is 4.79 Å². The number of fused-ring (bicyclic) bond motifs is 3. The van der Waals surface area contributed by atoms with Crippen molar-refractivity contribution in [3.8, 4) is 0 Å². The topological polar surface area (TPSA) is 54.5 Å². The van der Waals surface area contributed by atoms with Crippen LogP contribution in [0.15, 0.2) is 60.7 Å². The second-order valence-electron chi connectivity index (χ2n) is 9.53. The molecule has 0 spiro atoms. The second-order valence-corrected chi connectivity index (χ2v) is 10.8. The van der Waals surface area contributed by atoms with E-state index in [-0.39, 0.29) is 18.2 Å². The monoisotopic (exact) mass is 579 g/mol. The molecular weight excluding hydrogens is 553 g/mol. The maximum Gasteiger partial charge on any atom is 0.357 e. The van der Waals surface area contributed by atoms with E-state index in [0.29, 0.717) is 33.2 Å². The van der Waals surface area contributed by atoms with Gasteiger partial charge in [-0.3, -0.25) is 0 Å². The first-order chi connectivity index (χ1) is 18.8. The lowest BCUT2D eigenvalue weighted by Gasteiger charge is -2.27. The highest BCUT2D eigenvalue weighted by Gasteiger charge is 2.23. The Kier molecular flexibility index (Phi) is 8.43. The largest absolute Gasteiger partial charge is 0.461 e. The number of pyridine rings is 1. The number of benzene rings is 3. The summed E-state index contributed by atoms with van der Waals surface area (Å²) in [6.45, 7) is 4.18. The Labute approximate surface area is 243 Å². The first-order valence-corrected chi connectivity index (χ1v) is 13.9. The molecule has 1 unspecified atom stereocenters. The lowest BCUT2D eigenvalue weighted by Crippen LogP contribution is -2.30. The van der Waals surface area contributed by atoms with Crippen molar-refractivity contribution in [3.05, 3.63) is 104 Å². The standard InChI is InChI=1S/C31H28Cl3N3O2/c1-3-39-31(38)29-17-27(30-26(34)15-22(33)16-28(30)36-29)35-12-13-37(2)18-25-23-7-5-4-6-19(23)8-9-20-10-11-21(32)14-24(20)25/h4-11,14-17,25H,3,12-13,18H2,1-2H3,(H,35,36). The molecule has 1 aliphatic rings. The van der Waals surface area contributed by atoms with E-state index in [1.165, 1.54) is 22.3 Å². The molecule has 4 aromatic rings. The Hall–Kier alpha value is -3.09. The number of aromatic nitrogens is 1. The first kappa shape index (κ1) is 27.5. The van der Waals surface area contributed by atoms with E-state index >= 15 is 0 Å². The molecule has 200 valence electrons. The number of nitrogens with zero attached hydrogens (tertiary/aromatic N) is 2. The van der Waals surface area contributed by atoms with Crippen molar-refractivity contribution in [2.75, 3.05) is 38.6 Å². The molecular formula is C31H28Cl3N3O2. The number of likely N-dealkylation sites (N-methyl/N-ethyl adjacent to an activating group) is 1. The van der Waals surface area contributed by atoms with Crippen LogP contribution in [-0.4, -0.2) is 49.1 Å². The minimum Gasteiger partial charge on any atom is -0.461 e. The van der Waals surface area contributed by atoms with Gasteiger partial charge in [-0.25, -0.2) is 9.78 Å². The van der Waals surface area contributed by atoms with Crippen molar-refractivity contribution >= 4 is 69.5 Å². The van der Waals surface area contributed by atoms with E-state index in [0.717, 1.165) is 18.1 Å². The molecule has 0 bridgehead atoms. The molecule has 0 fully saturated rings. The molecule has 1 aliphatic carbocycles. The van der Waals surface area contributed by atoms with Crippen LogP contribution in [0.2, 0.25) is 15.1 Å². The predicted octanol–water partition coefficient (Wildman–Crippen LogP) is 8.03. The van der Waals surface area contributed by atoms with Crippen LogP contribution in [0.3, 0.4) is 0 Å². The van der Waals surface area contributed by atoms with Gasteiger partial charge in [0.1, 0.15) is 0 Å². The molecule has 1 atom stereocenters. The molecule has 3 aromatic carbocycles. The SMILES string of the molecule is CCOC(=O)c1cc(NCCN(C)CC2c3ccccc3C=Cc3ccc(Cl)cc32)c2c(Cl)cc(Cl)cc2n1. The number of ether oxygens (including phenoxy) is 1. The Morgan fingerprint density at radius 2 is 1.74 bits per heavy atom. The van der Waals surface area contributed by atoms with Gasteiger partial charge in [0.25, 0.3) is 0 Å². The van der Waals surface area contributed by atoms with Crippen LogP contribution < -0.4 is 5.32 Å². The van der Waals surface area contributed by atoms with Crippen molar-refractivity contribution < 1.29 is 9.53 Å². The first-order valence-electron chi connectivity index (χ1n) is 12.8. The second kappa shape index (κ2) is 12.0. The van der Waals surface area contributed by atoms with Gasteiger partial charge in [-0.15, -0.1) is 0 Å². The van der Waals surface area contributed by atoms with Gasteiger partial charge >= 0.3 is 5.97 Å². The number of anilines is 1. The maximum absolute atomic E-state index is 12.5. The average molecular weight is 581 g/mol. The fourth-order valence-corrected chi connectivity index (χ4v) is 5.81. The minimum absolute atomic E-state index is 0.156. The quantitative estimate of drug-likeness (QED) is 0.214. The van der Waals surface area contributed by atoms with Gasteiger partial charge in [0.15, 0.2) is 5.69 Å². The highest BCUT2D eigenvalue weighted by molar-refractivity contribution is 6.39. The molecule has 0 radical (unpaired) electrons. The number of hydrogen-bond acceptors (Lipinski definition) is 5. The van der Waals surface area contributed by atoms with Crippen LogP contribution >= 0.6 is 34.8 Å². The van der Waals surface area contributed by atoms with Crippen LogP contribution in [0.25, 0.3) is 23.1 Å². The third kappa shape index (κ3) is 6.07. The van der Waals surface area contributed by atoms with Gasteiger partial charge in [0.2, 0.25) is 0 Å². The lowest BCUT2D eigenvalue weighted by molar-refractivity contribution is 0.0520. The molecule has 1 aromatic heterocycles. The number of esters is 1. The van der Waals surface area contributed by atoms with E-state index in [1.54, 1.807) is 25.1 Å². The van der Waals surface area contributed by atoms with Crippen LogP contribution in [-0.2, 0) is 4.74 Å². The summed E-state index contributed by atoms with van der Waals surface area (Å²) in [5.74, 6) is -0.336. The van der Waals surface area contributed by atoms with Crippen LogP contribution in [0.1, 0.15) is 45.6 Å². The molecule has 5 rings (SSSR count). The molecule has 39 heavy (non-hydrogen) atoms. The zero-order valence-corrected chi connectivity index (χ0v) is 23.9. The number of carbonyl (C=O) groups is 1. The van der Waals surface area contributed by atoms with Crippen molar-refractivity contribution in [1.82, 2.24) is 9.88 Å². The molecule has 0 amide bonds. The summed E-state index contributed by atoms with van der Waals surface area (Å²) in [7, 11) is 2.11. The Balaban J connectivity index is 1.37. The number of hydrogen-bond donors (Lipinski definition) is 1. The van der Waals surface area contributed by atoms with E-state index in [4.69, 9.17) is 39.5 Å². The van der Waals surface area contributed by atoms with Gasteiger partial charge in [-0.1, -0.05) is 77.3 Å². The fraction of sp³-hybridized carbons (Fsp3) is 0.226. The fourth-order valence-electron chi connectivity index (χ4n) is 5.04. The van der Waals surface area contributed by atoms with Crippen LogP contribution in [0, 0.1) is 0 Å². The number of halogens is 3. The summed E-state index contributed by atoms with van der Waals surface area (Å²) in [4.78, 5) is 19.2. The summed E-state index contributed by atoms with van der Waals surface area (Å²) in [5.41, 5.74) is 6.32. The van der Waals surface area contributed by atoms with Crippen LogP contribution in [0.4, 0.5) is 5.69 Å². The van der Waals surface area contributed by atoms with Crippen molar-refractivity contribution in [1.29, 1.82) is 0 Å². The zero-order valence-electron chi connectivity index (χ0n) is 21.7. The van der Waals surface area contributed by atoms with Crippen molar-refractivity contribution in [2.45, 2.75) is 12.8 Å². The highest BCUT2D eigenvalue weighted by atomic mass is 35.5. The van der Waals surface area contributed by atoms with Crippen molar-refractivity contribution in [3.63, 3.8) is 0 Å².